The van der Waals surface area contributed by atoms with Gasteiger partial charge < -0.3 is 10.2 Å². The number of benzene rings is 2. The van der Waals surface area contributed by atoms with E-state index in [2.05, 4.69) is 17.4 Å². The molecule has 7 heteroatoms. The monoisotopic (exact) mass is 416 g/mol. The second kappa shape index (κ2) is 8.13. The number of nitrogens with one attached hydrogen (secondary N) is 1. The zero-order chi connectivity index (χ0) is 21.3. The van der Waals surface area contributed by atoms with E-state index in [0.717, 1.165) is 25.0 Å². The molecule has 4 rings (SSSR count). The molecule has 2 amide bonds. The van der Waals surface area contributed by atoms with Crippen LogP contribution in [-0.2, 0) is 17.4 Å². The molecule has 0 radical (unpaired) electrons. The molecule has 1 N–H and O–H groups in total. The summed E-state index contributed by atoms with van der Waals surface area (Å²) >= 11 is 0. The smallest absolute Gasteiger partial charge is 0.349 e. The Hall–Kier alpha value is -2.83. The molecule has 1 saturated heterocycles. The van der Waals surface area contributed by atoms with Crippen molar-refractivity contribution in [2.45, 2.75) is 37.9 Å². The van der Waals surface area contributed by atoms with Crippen LogP contribution in [0, 0.1) is 5.92 Å². The van der Waals surface area contributed by atoms with Crippen LogP contribution in [0.4, 0.5) is 13.2 Å². The van der Waals surface area contributed by atoms with Crippen molar-refractivity contribution in [2.24, 2.45) is 5.92 Å². The minimum absolute atomic E-state index is 0.0123. The van der Waals surface area contributed by atoms with Gasteiger partial charge in [-0.05, 0) is 61.1 Å². The Bertz CT molecular complexity index is 932. The van der Waals surface area contributed by atoms with Gasteiger partial charge in [-0.15, -0.1) is 0 Å². The highest BCUT2D eigenvalue weighted by atomic mass is 19.4. The van der Waals surface area contributed by atoms with Gasteiger partial charge in [-0.1, -0.05) is 24.3 Å². The molecular formula is C23H23F3N2O2. The van der Waals surface area contributed by atoms with E-state index < -0.39 is 11.7 Å². The number of amides is 2. The van der Waals surface area contributed by atoms with E-state index in [1.54, 1.807) is 4.90 Å². The van der Waals surface area contributed by atoms with Crippen LogP contribution in [0.2, 0.25) is 0 Å². The Morgan fingerprint density at radius 2 is 1.60 bits per heavy atom. The van der Waals surface area contributed by atoms with Gasteiger partial charge >= 0.3 is 6.18 Å². The Balaban J connectivity index is 1.31. The summed E-state index contributed by atoms with van der Waals surface area (Å²) in [7, 11) is 0. The molecule has 1 unspecified atom stereocenters. The minimum atomic E-state index is -4.42. The largest absolute Gasteiger partial charge is 0.416 e. The summed E-state index contributed by atoms with van der Waals surface area (Å²) in [4.78, 5) is 26.9. The molecule has 0 aromatic heterocycles. The average Bonchev–Trinajstić information content (AvgIpc) is 3.16. The van der Waals surface area contributed by atoms with Crippen LogP contribution in [0.15, 0.2) is 48.5 Å². The van der Waals surface area contributed by atoms with Gasteiger partial charge in [0.1, 0.15) is 0 Å². The predicted octanol–water partition coefficient (Wildman–Crippen LogP) is 4.36. The zero-order valence-corrected chi connectivity index (χ0v) is 16.4. The standard InChI is InChI=1S/C23H23F3N2O2/c24-23(25,26)18-8-5-17(6-9-18)22(30)28-13-11-16(12-14-28)21(29)27-20-10-7-15-3-1-2-4-19(15)20/h1-6,8-9,16,20H,7,10-14H2,(H,27,29). The summed E-state index contributed by atoms with van der Waals surface area (Å²) in [5.41, 5.74) is 1.91. The fraction of sp³-hybridized carbons (Fsp3) is 0.391. The lowest BCUT2D eigenvalue weighted by Crippen LogP contribution is -2.43. The number of carbonyl (C=O) groups excluding carboxylic acids is 2. The normalized spacial score (nSPS) is 19.4. The summed E-state index contributed by atoms with van der Waals surface area (Å²) in [5.74, 6) is -0.444. The molecule has 0 spiro atoms. The zero-order valence-electron chi connectivity index (χ0n) is 16.4. The van der Waals surface area contributed by atoms with Crippen LogP contribution in [-0.4, -0.2) is 29.8 Å². The van der Waals surface area contributed by atoms with Crippen molar-refractivity contribution in [1.82, 2.24) is 10.2 Å². The molecule has 0 bridgehead atoms. The third kappa shape index (κ3) is 4.20. The third-order valence-corrected chi connectivity index (χ3v) is 6.06. The molecular weight excluding hydrogens is 393 g/mol. The highest BCUT2D eigenvalue weighted by molar-refractivity contribution is 5.94. The van der Waals surface area contributed by atoms with Crippen LogP contribution in [0.5, 0.6) is 0 Å². The number of nitrogens with zero attached hydrogens (tertiary/aromatic N) is 1. The Kier molecular flexibility index (Phi) is 5.54. The molecule has 1 aliphatic carbocycles. The van der Waals surface area contributed by atoms with E-state index >= 15 is 0 Å². The van der Waals surface area contributed by atoms with E-state index in [4.69, 9.17) is 0 Å². The van der Waals surface area contributed by atoms with Gasteiger partial charge in [0.05, 0.1) is 11.6 Å². The van der Waals surface area contributed by atoms with Gasteiger partial charge in [0.2, 0.25) is 5.91 Å². The fourth-order valence-corrected chi connectivity index (χ4v) is 4.33. The molecule has 2 aliphatic rings. The van der Waals surface area contributed by atoms with Crippen molar-refractivity contribution in [2.75, 3.05) is 13.1 Å². The van der Waals surface area contributed by atoms with Crippen molar-refractivity contribution < 1.29 is 22.8 Å². The van der Waals surface area contributed by atoms with Gasteiger partial charge in [-0.25, -0.2) is 0 Å². The summed E-state index contributed by atoms with van der Waals surface area (Å²) in [6, 6.07) is 12.4. The SMILES string of the molecule is O=C(NC1CCc2ccccc21)C1CCN(C(=O)c2ccc(C(F)(F)F)cc2)CC1. The number of likely N-dealkylation sites (tertiary alicyclic amines) is 1. The summed E-state index contributed by atoms with van der Waals surface area (Å²) < 4.78 is 38.1. The minimum Gasteiger partial charge on any atom is -0.349 e. The van der Waals surface area contributed by atoms with Crippen LogP contribution < -0.4 is 5.32 Å². The molecule has 30 heavy (non-hydrogen) atoms. The van der Waals surface area contributed by atoms with E-state index in [-0.39, 0.29) is 29.3 Å². The number of aryl methyl sites for hydroxylation is 1. The van der Waals surface area contributed by atoms with Crippen molar-refractivity contribution >= 4 is 11.8 Å². The number of halogens is 3. The van der Waals surface area contributed by atoms with Gasteiger partial charge in [-0.2, -0.15) is 13.2 Å². The lowest BCUT2D eigenvalue weighted by molar-refractivity contribution is -0.137. The maximum absolute atomic E-state index is 12.7. The number of hydrogen-bond donors (Lipinski definition) is 1. The molecule has 0 saturated carbocycles. The van der Waals surface area contributed by atoms with Gasteiger partial charge in [-0.3, -0.25) is 9.59 Å². The van der Waals surface area contributed by atoms with E-state index in [1.807, 2.05) is 12.1 Å². The summed E-state index contributed by atoms with van der Waals surface area (Å²) in [5, 5.41) is 3.15. The number of fused-ring (bicyclic) bond motifs is 1. The topological polar surface area (TPSA) is 49.4 Å². The lowest BCUT2D eigenvalue weighted by atomic mass is 9.94. The first kappa shape index (κ1) is 20.4. The molecule has 158 valence electrons. The molecule has 2 aromatic carbocycles. The molecule has 1 aliphatic heterocycles. The number of alkyl halides is 3. The molecule has 4 nitrogen and oxygen atoms in total. The van der Waals surface area contributed by atoms with Gasteiger partial charge in [0, 0.05) is 24.6 Å². The molecule has 2 aromatic rings. The van der Waals surface area contributed by atoms with E-state index in [9.17, 15) is 22.8 Å². The Labute approximate surface area is 173 Å². The molecule has 1 fully saturated rings. The third-order valence-electron chi connectivity index (χ3n) is 6.06. The average molecular weight is 416 g/mol. The second-order valence-corrected chi connectivity index (χ2v) is 7.94. The first-order chi connectivity index (χ1) is 14.3. The highest BCUT2D eigenvalue weighted by Crippen LogP contribution is 2.32. The summed E-state index contributed by atoms with van der Waals surface area (Å²) in [6.45, 7) is 0.832. The van der Waals surface area contributed by atoms with Crippen molar-refractivity contribution in [1.29, 1.82) is 0 Å². The number of rotatable bonds is 3. The number of carbonyl (C=O) groups is 2. The quantitative estimate of drug-likeness (QED) is 0.808. The first-order valence-corrected chi connectivity index (χ1v) is 10.2. The maximum Gasteiger partial charge on any atom is 0.416 e. The fourth-order valence-electron chi connectivity index (χ4n) is 4.33. The van der Waals surface area contributed by atoms with Crippen molar-refractivity contribution in [3.63, 3.8) is 0 Å². The van der Waals surface area contributed by atoms with E-state index in [1.165, 1.54) is 23.3 Å². The first-order valence-electron chi connectivity index (χ1n) is 10.2. The van der Waals surface area contributed by atoms with Gasteiger partial charge in [0.25, 0.3) is 5.91 Å². The Morgan fingerprint density at radius 3 is 2.27 bits per heavy atom. The maximum atomic E-state index is 12.7. The summed E-state index contributed by atoms with van der Waals surface area (Å²) in [6.07, 6.45) is -1.47. The van der Waals surface area contributed by atoms with Crippen LogP contribution in [0.25, 0.3) is 0 Å². The van der Waals surface area contributed by atoms with Crippen LogP contribution >= 0.6 is 0 Å². The van der Waals surface area contributed by atoms with Crippen molar-refractivity contribution in [3.8, 4) is 0 Å². The van der Waals surface area contributed by atoms with Gasteiger partial charge in [0.15, 0.2) is 0 Å². The number of piperidine rings is 1. The molecule has 1 atom stereocenters. The van der Waals surface area contributed by atoms with Crippen LogP contribution in [0.3, 0.4) is 0 Å². The second-order valence-electron chi connectivity index (χ2n) is 7.94. The lowest BCUT2D eigenvalue weighted by Gasteiger charge is -2.32. The number of hydrogen-bond acceptors (Lipinski definition) is 2. The Morgan fingerprint density at radius 1 is 0.933 bits per heavy atom. The van der Waals surface area contributed by atoms with Crippen LogP contribution in [0.1, 0.15) is 52.4 Å². The molecule has 1 heterocycles. The predicted molar refractivity (Wildman–Crippen MR) is 106 cm³/mol. The highest BCUT2D eigenvalue weighted by Gasteiger charge is 2.32. The van der Waals surface area contributed by atoms with Crippen molar-refractivity contribution in [3.05, 3.63) is 70.8 Å². The van der Waals surface area contributed by atoms with E-state index in [0.29, 0.717) is 25.9 Å².